The van der Waals surface area contributed by atoms with Crippen LogP contribution in [0, 0.1) is 0 Å². The van der Waals surface area contributed by atoms with Crippen molar-refractivity contribution < 1.29 is 19.4 Å². The summed E-state index contributed by atoms with van der Waals surface area (Å²) in [6.45, 7) is 5.52. The largest absolute Gasteiger partial charge is 0.492 e. The van der Waals surface area contributed by atoms with Crippen LogP contribution in [-0.4, -0.2) is 30.8 Å². The van der Waals surface area contributed by atoms with E-state index < -0.39 is 5.97 Å². The molecule has 4 aromatic rings. The lowest BCUT2D eigenvalue weighted by Crippen LogP contribution is -2.24. The highest BCUT2D eigenvalue weighted by Crippen LogP contribution is 2.33. The molecule has 35 heavy (non-hydrogen) atoms. The predicted octanol–water partition coefficient (Wildman–Crippen LogP) is 6.99. The smallest absolute Gasteiger partial charge is 0.335 e. The van der Waals surface area contributed by atoms with Gasteiger partial charge in [-0.05, 0) is 71.6 Å². The molecule has 0 fully saturated rings. The van der Waals surface area contributed by atoms with Gasteiger partial charge in [-0.2, -0.15) is 0 Å². The summed E-state index contributed by atoms with van der Waals surface area (Å²) in [6, 6.07) is 25.2. The molecule has 4 rings (SSSR count). The first-order chi connectivity index (χ1) is 17.0. The van der Waals surface area contributed by atoms with Crippen molar-refractivity contribution in [1.29, 1.82) is 0 Å². The molecule has 0 aromatic heterocycles. The SMILES string of the molecule is CCOc1ccc(-c2cc(OCCNC(C)c3cccc4ccccc34)cc(C(=O)O)c2)cc1Cl. The second kappa shape index (κ2) is 11.3. The maximum Gasteiger partial charge on any atom is 0.335 e. The minimum atomic E-state index is -1.02. The number of carbonyl (C=O) groups is 1. The molecule has 2 N–H and O–H groups in total. The standard InChI is InChI=1S/C29H28ClNO4/c1-3-34-28-12-11-21(18-27(28)30)22-15-23(29(32)33)17-24(16-22)35-14-13-31-19(2)25-10-6-8-20-7-4-5-9-26(20)25/h4-12,15-19,31H,3,13-14H2,1-2H3,(H,32,33). The highest BCUT2D eigenvalue weighted by Gasteiger charge is 2.12. The van der Waals surface area contributed by atoms with E-state index in [-0.39, 0.29) is 11.6 Å². The van der Waals surface area contributed by atoms with E-state index in [9.17, 15) is 9.90 Å². The number of hydrogen-bond acceptors (Lipinski definition) is 4. The van der Waals surface area contributed by atoms with E-state index >= 15 is 0 Å². The number of fused-ring (bicyclic) bond motifs is 1. The molecule has 0 bridgehead atoms. The van der Waals surface area contributed by atoms with Gasteiger partial charge in [0.2, 0.25) is 0 Å². The Hall–Kier alpha value is -3.54. The number of aromatic carboxylic acids is 1. The zero-order valence-corrected chi connectivity index (χ0v) is 20.5. The molecule has 5 nitrogen and oxygen atoms in total. The minimum absolute atomic E-state index is 0.136. The van der Waals surface area contributed by atoms with E-state index in [1.54, 1.807) is 18.2 Å². The second-order valence-corrected chi connectivity index (χ2v) is 8.63. The lowest BCUT2D eigenvalue weighted by Gasteiger charge is -2.17. The Bertz CT molecular complexity index is 1330. The molecule has 6 heteroatoms. The quantitative estimate of drug-likeness (QED) is 0.235. The lowest BCUT2D eigenvalue weighted by molar-refractivity contribution is 0.0696. The van der Waals surface area contributed by atoms with Crippen LogP contribution in [-0.2, 0) is 0 Å². The fourth-order valence-corrected chi connectivity index (χ4v) is 4.34. The van der Waals surface area contributed by atoms with Gasteiger partial charge in [-0.3, -0.25) is 0 Å². The molecule has 1 unspecified atom stereocenters. The number of halogens is 1. The Morgan fingerprint density at radius 2 is 1.77 bits per heavy atom. The molecule has 0 aliphatic carbocycles. The highest BCUT2D eigenvalue weighted by molar-refractivity contribution is 6.32. The van der Waals surface area contributed by atoms with Gasteiger partial charge in [0.25, 0.3) is 0 Å². The van der Waals surface area contributed by atoms with Crippen LogP contribution in [0.3, 0.4) is 0 Å². The molecular weight excluding hydrogens is 462 g/mol. The zero-order valence-electron chi connectivity index (χ0n) is 19.8. The maximum atomic E-state index is 11.7. The molecule has 4 aromatic carbocycles. The number of benzene rings is 4. The Labute approximate surface area is 210 Å². The summed E-state index contributed by atoms with van der Waals surface area (Å²) in [5.41, 5.74) is 2.88. The summed E-state index contributed by atoms with van der Waals surface area (Å²) in [4.78, 5) is 11.7. The summed E-state index contributed by atoms with van der Waals surface area (Å²) in [7, 11) is 0. The number of hydrogen-bond donors (Lipinski definition) is 2. The van der Waals surface area contributed by atoms with Gasteiger partial charge in [-0.25, -0.2) is 4.79 Å². The van der Waals surface area contributed by atoms with Crippen LogP contribution in [0.5, 0.6) is 11.5 Å². The summed E-state index contributed by atoms with van der Waals surface area (Å²) in [6.07, 6.45) is 0. The van der Waals surface area contributed by atoms with Gasteiger partial charge >= 0.3 is 5.97 Å². The first-order valence-electron chi connectivity index (χ1n) is 11.6. The van der Waals surface area contributed by atoms with Gasteiger partial charge in [-0.1, -0.05) is 60.1 Å². The van der Waals surface area contributed by atoms with Crippen molar-refractivity contribution in [2.24, 2.45) is 0 Å². The van der Waals surface area contributed by atoms with Crippen molar-refractivity contribution in [1.82, 2.24) is 5.32 Å². The number of carboxylic acids is 1. The average molecular weight is 490 g/mol. The van der Waals surface area contributed by atoms with E-state index in [2.05, 4.69) is 42.6 Å². The molecule has 0 heterocycles. The van der Waals surface area contributed by atoms with E-state index in [1.165, 1.54) is 22.4 Å². The van der Waals surface area contributed by atoms with E-state index in [0.717, 1.165) is 5.56 Å². The topological polar surface area (TPSA) is 67.8 Å². The molecule has 0 saturated heterocycles. The fraction of sp³-hybridized carbons (Fsp3) is 0.207. The predicted molar refractivity (Wildman–Crippen MR) is 141 cm³/mol. The monoisotopic (exact) mass is 489 g/mol. The van der Waals surface area contributed by atoms with Crippen LogP contribution in [0.25, 0.3) is 21.9 Å². The Morgan fingerprint density at radius 3 is 2.54 bits per heavy atom. The third kappa shape index (κ3) is 5.94. The summed E-state index contributed by atoms with van der Waals surface area (Å²) in [5, 5.41) is 16.0. The molecule has 0 saturated carbocycles. The molecule has 0 radical (unpaired) electrons. The van der Waals surface area contributed by atoms with Crippen molar-refractivity contribution in [2.75, 3.05) is 19.8 Å². The third-order valence-corrected chi connectivity index (χ3v) is 6.13. The van der Waals surface area contributed by atoms with E-state index in [1.807, 2.05) is 31.2 Å². The van der Waals surface area contributed by atoms with Crippen LogP contribution < -0.4 is 14.8 Å². The number of carboxylic acid groups (broad SMARTS) is 1. The molecule has 0 spiro atoms. The van der Waals surface area contributed by atoms with Crippen LogP contribution >= 0.6 is 11.6 Å². The normalized spacial score (nSPS) is 11.9. The Morgan fingerprint density at radius 1 is 0.971 bits per heavy atom. The van der Waals surface area contributed by atoms with Gasteiger partial charge in [0.15, 0.2) is 0 Å². The van der Waals surface area contributed by atoms with Crippen LogP contribution in [0.15, 0.2) is 78.9 Å². The number of nitrogens with one attached hydrogen (secondary N) is 1. The lowest BCUT2D eigenvalue weighted by atomic mass is 10.00. The molecule has 1 atom stereocenters. The fourth-order valence-electron chi connectivity index (χ4n) is 4.11. The summed E-state index contributed by atoms with van der Waals surface area (Å²) < 4.78 is 11.4. The van der Waals surface area contributed by atoms with Crippen molar-refractivity contribution in [3.8, 4) is 22.6 Å². The average Bonchev–Trinajstić information content (AvgIpc) is 2.87. The van der Waals surface area contributed by atoms with Crippen molar-refractivity contribution in [3.05, 3.63) is 95.0 Å². The number of rotatable bonds is 10. The van der Waals surface area contributed by atoms with Crippen LogP contribution in [0.1, 0.15) is 35.8 Å². The van der Waals surface area contributed by atoms with E-state index in [0.29, 0.717) is 41.8 Å². The zero-order chi connectivity index (χ0) is 24.8. The third-order valence-electron chi connectivity index (χ3n) is 5.83. The second-order valence-electron chi connectivity index (χ2n) is 8.22. The first kappa shape index (κ1) is 24.6. The Kier molecular flexibility index (Phi) is 7.91. The minimum Gasteiger partial charge on any atom is -0.492 e. The van der Waals surface area contributed by atoms with Gasteiger partial charge in [0.05, 0.1) is 17.2 Å². The molecule has 0 aliphatic rings. The van der Waals surface area contributed by atoms with Crippen LogP contribution in [0.2, 0.25) is 5.02 Å². The maximum absolute atomic E-state index is 11.7. The van der Waals surface area contributed by atoms with Gasteiger partial charge in [0.1, 0.15) is 18.1 Å². The highest BCUT2D eigenvalue weighted by atomic mass is 35.5. The molecule has 180 valence electrons. The summed E-state index contributed by atoms with van der Waals surface area (Å²) in [5.74, 6) is 0.0659. The van der Waals surface area contributed by atoms with Crippen molar-refractivity contribution >= 4 is 28.3 Å². The molecule has 0 amide bonds. The molecular formula is C29H28ClNO4. The van der Waals surface area contributed by atoms with Gasteiger partial charge in [-0.15, -0.1) is 0 Å². The van der Waals surface area contributed by atoms with Gasteiger partial charge < -0.3 is 19.9 Å². The Balaban J connectivity index is 1.45. The molecule has 0 aliphatic heterocycles. The first-order valence-corrected chi connectivity index (χ1v) is 12.0. The van der Waals surface area contributed by atoms with Crippen molar-refractivity contribution in [2.45, 2.75) is 19.9 Å². The van der Waals surface area contributed by atoms with E-state index in [4.69, 9.17) is 21.1 Å². The van der Waals surface area contributed by atoms with Crippen LogP contribution in [0.4, 0.5) is 0 Å². The van der Waals surface area contributed by atoms with Crippen molar-refractivity contribution in [3.63, 3.8) is 0 Å². The number of ether oxygens (including phenoxy) is 2. The summed E-state index contributed by atoms with van der Waals surface area (Å²) >= 11 is 6.34. The van der Waals surface area contributed by atoms with Gasteiger partial charge in [0, 0.05) is 12.6 Å².